The first-order valence-corrected chi connectivity index (χ1v) is 10.2. The summed E-state index contributed by atoms with van der Waals surface area (Å²) in [4.78, 5) is 8.58. The molecule has 1 aromatic carbocycles. The second-order valence-electron chi connectivity index (χ2n) is 6.30. The summed E-state index contributed by atoms with van der Waals surface area (Å²) in [5.74, 6) is 1.18. The van der Waals surface area contributed by atoms with Gasteiger partial charge in [0, 0.05) is 18.3 Å². The van der Waals surface area contributed by atoms with Gasteiger partial charge in [-0.2, -0.15) is 0 Å². The third-order valence-electron chi connectivity index (χ3n) is 4.25. The van der Waals surface area contributed by atoms with Gasteiger partial charge in [-0.1, -0.05) is 0 Å². The monoisotopic (exact) mass is 393 g/mol. The van der Waals surface area contributed by atoms with Gasteiger partial charge in [0.2, 0.25) is 5.16 Å². The molecule has 1 fully saturated rings. The molecule has 0 aliphatic heterocycles. The number of pyridine rings is 1. The first kappa shape index (κ1) is 17.4. The lowest BCUT2D eigenvalue weighted by Crippen LogP contribution is -2.07. The Morgan fingerprint density at radius 2 is 2.15 bits per heavy atom. The van der Waals surface area contributed by atoms with Gasteiger partial charge in [0.15, 0.2) is 0 Å². The Kier molecular flexibility index (Phi) is 4.91. The van der Waals surface area contributed by atoms with Crippen LogP contribution in [-0.4, -0.2) is 25.4 Å². The molecule has 2 aromatic heterocycles. The Bertz CT molecular complexity index is 974. The molecule has 1 unspecified atom stereocenters. The Morgan fingerprint density at radius 1 is 1.31 bits per heavy atom. The van der Waals surface area contributed by atoms with Crippen LogP contribution >= 0.6 is 11.6 Å². The zero-order valence-electron chi connectivity index (χ0n) is 13.9. The van der Waals surface area contributed by atoms with Crippen molar-refractivity contribution >= 4 is 33.4 Å². The number of halogens is 2. The third-order valence-corrected chi connectivity index (χ3v) is 5.76. The van der Waals surface area contributed by atoms with E-state index in [1.807, 2.05) is 0 Å². The predicted molar refractivity (Wildman–Crippen MR) is 98.1 cm³/mol. The number of fused-ring (bicyclic) bond motifs is 1. The van der Waals surface area contributed by atoms with Crippen molar-refractivity contribution < 1.29 is 13.3 Å². The summed E-state index contributed by atoms with van der Waals surface area (Å²) in [5, 5.41) is 0.312. The molecule has 5 nitrogen and oxygen atoms in total. The normalized spacial score (nSPS) is 15.3. The SMILES string of the molecule is O=S(Cc1cc(OCC2CC2)ccn1)c1nc2cc(F)ccc2n1CCl. The zero-order valence-corrected chi connectivity index (χ0v) is 15.5. The van der Waals surface area contributed by atoms with Gasteiger partial charge in [-0.15, -0.1) is 11.6 Å². The van der Waals surface area contributed by atoms with E-state index in [0.717, 1.165) is 5.75 Å². The Morgan fingerprint density at radius 3 is 2.92 bits per heavy atom. The highest BCUT2D eigenvalue weighted by atomic mass is 35.5. The molecule has 0 radical (unpaired) electrons. The van der Waals surface area contributed by atoms with E-state index in [-0.39, 0.29) is 11.8 Å². The van der Waals surface area contributed by atoms with E-state index in [2.05, 4.69) is 9.97 Å². The molecule has 2 heterocycles. The number of ether oxygens (including phenoxy) is 1. The Labute approximate surface area is 157 Å². The van der Waals surface area contributed by atoms with Gasteiger partial charge in [0.1, 0.15) is 11.6 Å². The summed E-state index contributed by atoms with van der Waals surface area (Å²) in [6, 6.07) is 7.91. The molecule has 136 valence electrons. The fourth-order valence-electron chi connectivity index (χ4n) is 2.69. The first-order chi connectivity index (χ1) is 12.6. The zero-order chi connectivity index (χ0) is 18.1. The summed E-state index contributed by atoms with van der Waals surface area (Å²) in [6.45, 7) is 0.708. The highest BCUT2D eigenvalue weighted by Crippen LogP contribution is 2.29. The third kappa shape index (κ3) is 3.73. The smallest absolute Gasteiger partial charge is 0.201 e. The van der Waals surface area contributed by atoms with E-state index in [1.54, 1.807) is 29.0 Å². The maximum absolute atomic E-state index is 13.4. The van der Waals surface area contributed by atoms with Crippen LogP contribution in [0.3, 0.4) is 0 Å². The fraction of sp³-hybridized carbons (Fsp3) is 0.333. The second-order valence-corrected chi connectivity index (χ2v) is 7.89. The topological polar surface area (TPSA) is 57.0 Å². The lowest BCUT2D eigenvalue weighted by Gasteiger charge is -2.07. The number of rotatable bonds is 7. The Balaban J connectivity index is 1.56. The summed E-state index contributed by atoms with van der Waals surface area (Å²) in [7, 11) is -1.47. The van der Waals surface area contributed by atoms with E-state index in [0.29, 0.717) is 34.4 Å². The maximum Gasteiger partial charge on any atom is 0.201 e. The largest absolute Gasteiger partial charge is 0.493 e. The van der Waals surface area contributed by atoms with Crippen molar-refractivity contribution in [1.29, 1.82) is 0 Å². The molecule has 0 spiro atoms. The molecule has 3 aromatic rings. The van der Waals surface area contributed by atoms with Crippen LogP contribution in [0.4, 0.5) is 4.39 Å². The fourth-order valence-corrected chi connectivity index (χ4v) is 4.17. The molecule has 0 N–H and O–H groups in total. The molecule has 26 heavy (non-hydrogen) atoms. The predicted octanol–water partition coefficient (Wildman–Crippen LogP) is 3.86. The summed E-state index contributed by atoms with van der Waals surface area (Å²) in [5.41, 5.74) is 1.73. The summed E-state index contributed by atoms with van der Waals surface area (Å²) in [6.07, 6.45) is 4.09. The number of hydrogen-bond donors (Lipinski definition) is 0. The van der Waals surface area contributed by atoms with Crippen LogP contribution in [0.1, 0.15) is 18.5 Å². The van der Waals surface area contributed by atoms with E-state index in [4.69, 9.17) is 16.3 Å². The van der Waals surface area contributed by atoms with Crippen LogP contribution in [0.15, 0.2) is 41.7 Å². The highest BCUT2D eigenvalue weighted by Gasteiger charge is 2.22. The molecular weight excluding hydrogens is 377 g/mol. The van der Waals surface area contributed by atoms with E-state index in [1.165, 1.54) is 25.0 Å². The average molecular weight is 394 g/mol. The number of hydrogen-bond acceptors (Lipinski definition) is 4. The van der Waals surface area contributed by atoms with E-state index < -0.39 is 16.6 Å². The number of nitrogens with zero attached hydrogens (tertiary/aromatic N) is 3. The number of imidazole rings is 1. The molecule has 8 heteroatoms. The minimum absolute atomic E-state index is 0.0845. The van der Waals surface area contributed by atoms with E-state index >= 15 is 0 Å². The molecule has 1 aliphatic carbocycles. The van der Waals surface area contributed by atoms with Gasteiger partial charge in [-0.05, 0) is 37.0 Å². The van der Waals surface area contributed by atoms with Crippen LogP contribution < -0.4 is 4.74 Å². The molecular formula is C18H17ClFN3O2S. The maximum atomic E-state index is 13.4. The van der Waals surface area contributed by atoms with Crippen molar-refractivity contribution in [1.82, 2.24) is 14.5 Å². The molecule has 0 amide bonds. The van der Waals surface area contributed by atoms with Gasteiger partial charge >= 0.3 is 0 Å². The molecule has 1 saturated carbocycles. The minimum atomic E-state index is -1.47. The summed E-state index contributed by atoms with van der Waals surface area (Å²) < 4.78 is 33.6. The van der Waals surface area contributed by atoms with Crippen molar-refractivity contribution in [2.24, 2.45) is 5.92 Å². The number of alkyl halides is 1. The summed E-state index contributed by atoms with van der Waals surface area (Å²) >= 11 is 6.00. The van der Waals surface area contributed by atoms with Crippen LogP contribution in [0.25, 0.3) is 11.0 Å². The molecule has 1 atom stereocenters. The standard InChI is InChI=1S/C18H17ClFN3O2S/c19-11-23-17-4-3-13(20)7-16(17)22-18(23)26(24)10-14-8-15(5-6-21-14)25-9-12-1-2-12/h3-8,12H,1-2,9-11H2. The van der Waals surface area contributed by atoms with Gasteiger partial charge in [0.05, 0.1) is 45.9 Å². The van der Waals surface area contributed by atoms with Crippen LogP contribution in [-0.2, 0) is 22.6 Å². The average Bonchev–Trinajstić information content (AvgIpc) is 3.39. The van der Waals surface area contributed by atoms with Crippen LogP contribution in [0.5, 0.6) is 5.75 Å². The minimum Gasteiger partial charge on any atom is -0.493 e. The quantitative estimate of drug-likeness (QED) is 0.572. The molecule has 0 saturated heterocycles. The van der Waals surface area contributed by atoms with Crippen molar-refractivity contribution in [3.8, 4) is 5.75 Å². The first-order valence-electron chi connectivity index (χ1n) is 8.32. The Hall–Kier alpha value is -1.99. The second kappa shape index (κ2) is 7.32. The van der Waals surface area contributed by atoms with Crippen molar-refractivity contribution in [2.75, 3.05) is 6.61 Å². The number of benzene rings is 1. The molecule has 0 bridgehead atoms. The number of aromatic nitrogens is 3. The van der Waals surface area contributed by atoms with Gasteiger partial charge in [-0.25, -0.2) is 9.37 Å². The lowest BCUT2D eigenvalue weighted by molar-refractivity contribution is 0.299. The van der Waals surface area contributed by atoms with Gasteiger partial charge < -0.3 is 9.30 Å². The van der Waals surface area contributed by atoms with Crippen LogP contribution in [0.2, 0.25) is 0 Å². The van der Waals surface area contributed by atoms with Crippen LogP contribution in [0, 0.1) is 11.7 Å². The van der Waals surface area contributed by atoms with Crippen molar-refractivity contribution in [2.45, 2.75) is 29.8 Å². The van der Waals surface area contributed by atoms with Gasteiger partial charge in [0.25, 0.3) is 0 Å². The molecule has 4 rings (SSSR count). The van der Waals surface area contributed by atoms with Crippen molar-refractivity contribution in [3.63, 3.8) is 0 Å². The van der Waals surface area contributed by atoms with Gasteiger partial charge in [-0.3, -0.25) is 9.19 Å². The van der Waals surface area contributed by atoms with Crippen molar-refractivity contribution in [3.05, 3.63) is 48.0 Å². The molecule has 1 aliphatic rings. The lowest BCUT2D eigenvalue weighted by atomic mass is 10.3. The van der Waals surface area contributed by atoms with E-state index in [9.17, 15) is 8.60 Å². The highest BCUT2D eigenvalue weighted by molar-refractivity contribution is 7.84.